The van der Waals surface area contributed by atoms with Crippen molar-refractivity contribution in [3.8, 4) is 5.75 Å². The summed E-state index contributed by atoms with van der Waals surface area (Å²) in [5.41, 5.74) is 4.70. The third-order valence-corrected chi connectivity index (χ3v) is 6.95. The molecule has 6 nitrogen and oxygen atoms in total. The topological polar surface area (TPSA) is 64.5 Å². The van der Waals surface area contributed by atoms with Gasteiger partial charge in [0.25, 0.3) is 0 Å². The average Bonchev–Trinajstić information content (AvgIpc) is 3.56. The van der Waals surface area contributed by atoms with Crippen LogP contribution in [0.1, 0.15) is 48.1 Å². The molecule has 3 heterocycles. The summed E-state index contributed by atoms with van der Waals surface area (Å²) in [4.78, 5) is 13.9. The van der Waals surface area contributed by atoms with Crippen LogP contribution in [0.3, 0.4) is 0 Å². The number of halogens is 1. The van der Waals surface area contributed by atoms with E-state index in [9.17, 15) is 5.11 Å². The van der Waals surface area contributed by atoms with Crippen molar-refractivity contribution in [3.63, 3.8) is 0 Å². The highest BCUT2D eigenvalue weighted by atomic mass is 35.5. The largest absolute Gasteiger partial charge is 0.507 e. The summed E-state index contributed by atoms with van der Waals surface area (Å²) in [5.74, 6) is 0.961. The smallest absolute Gasteiger partial charge is 0.227 e. The maximum atomic E-state index is 11.1. The summed E-state index contributed by atoms with van der Waals surface area (Å²) in [6.45, 7) is 5.87. The van der Waals surface area contributed by atoms with Crippen LogP contribution >= 0.6 is 11.6 Å². The van der Waals surface area contributed by atoms with Crippen molar-refractivity contribution in [3.05, 3.63) is 76.1 Å². The number of hydrogen-bond donors (Lipinski definition) is 2. The van der Waals surface area contributed by atoms with Crippen LogP contribution < -0.4 is 5.32 Å². The van der Waals surface area contributed by atoms with Gasteiger partial charge in [0, 0.05) is 41.1 Å². The summed E-state index contributed by atoms with van der Waals surface area (Å²) in [7, 11) is 0. The number of hydrogen-bond acceptors (Lipinski definition) is 6. The van der Waals surface area contributed by atoms with Crippen molar-refractivity contribution in [2.24, 2.45) is 0 Å². The van der Waals surface area contributed by atoms with Crippen molar-refractivity contribution >= 4 is 35.4 Å². The van der Waals surface area contributed by atoms with Gasteiger partial charge in [-0.1, -0.05) is 29.8 Å². The number of nitrogens with one attached hydrogen (secondary N) is 1. The second kappa shape index (κ2) is 11.2. The quantitative estimate of drug-likeness (QED) is 0.382. The molecule has 0 saturated carbocycles. The molecule has 5 rings (SSSR count). The van der Waals surface area contributed by atoms with Gasteiger partial charge in [0.1, 0.15) is 5.75 Å². The van der Waals surface area contributed by atoms with E-state index in [2.05, 4.69) is 25.1 Å². The first-order valence-corrected chi connectivity index (χ1v) is 12.8. The Morgan fingerprint density at radius 2 is 1.46 bits per heavy atom. The van der Waals surface area contributed by atoms with E-state index < -0.39 is 0 Å². The molecule has 3 aromatic rings. The van der Waals surface area contributed by atoms with Gasteiger partial charge in [-0.3, -0.25) is 9.80 Å². The average molecular weight is 490 g/mol. The van der Waals surface area contributed by atoms with Gasteiger partial charge in [0.2, 0.25) is 5.95 Å². The lowest BCUT2D eigenvalue weighted by molar-refractivity contribution is 0.312. The Labute approximate surface area is 212 Å². The minimum absolute atomic E-state index is 0.426. The number of anilines is 2. The van der Waals surface area contributed by atoms with Gasteiger partial charge in [-0.15, -0.1) is 0 Å². The molecule has 0 bridgehead atoms. The molecule has 2 aromatic carbocycles. The fourth-order valence-electron chi connectivity index (χ4n) is 4.85. The van der Waals surface area contributed by atoms with Crippen LogP contribution in [-0.2, 0) is 13.1 Å². The van der Waals surface area contributed by atoms with Crippen molar-refractivity contribution in [2.75, 3.05) is 31.5 Å². The molecule has 35 heavy (non-hydrogen) atoms. The molecule has 1 aromatic heterocycles. The lowest BCUT2D eigenvalue weighted by atomic mass is 10.1. The standard InChI is InChI=1S/C28H32ClN5O/c29-24-8-5-21(6-9-24)7-10-25-11-12-30-28(31-25)32-26-17-22(19-33-13-1-2-14-33)27(35)23(18-26)20-34-15-3-4-16-34/h5-12,17-18,35H,1-4,13-16,19-20H2,(H,30,31,32). The van der Waals surface area contributed by atoms with Crippen LogP contribution in [0, 0.1) is 0 Å². The molecule has 0 amide bonds. The summed E-state index contributed by atoms with van der Waals surface area (Å²) >= 11 is 5.98. The van der Waals surface area contributed by atoms with E-state index in [1.807, 2.05) is 54.6 Å². The van der Waals surface area contributed by atoms with E-state index in [0.717, 1.165) is 72.4 Å². The molecule has 0 radical (unpaired) electrons. The SMILES string of the molecule is Oc1c(CN2CCCC2)cc(Nc2nccc(C=Cc3ccc(Cl)cc3)n2)cc1CN1CCCC1. The van der Waals surface area contributed by atoms with Gasteiger partial charge in [0.05, 0.1) is 5.69 Å². The highest BCUT2D eigenvalue weighted by molar-refractivity contribution is 6.30. The molecule has 182 valence electrons. The zero-order valence-corrected chi connectivity index (χ0v) is 20.7. The Balaban J connectivity index is 1.37. The van der Waals surface area contributed by atoms with E-state index in [1.54, 1.807) is 6.20 Å². The maximum Gasteiger partial charge on any atom is 0.227 e. The number of phenolic OH excluding ortho intramolecular Hbond substituents is 1. The lowest BCUT2D eigenvalue weighted by Crippen LogP contribution is -2.20. The molecule has 0 aliphatic carbocycles. The minimum Gasteiger partial charge on any atom is -0.507 e. The molecule has 0 atom stereocenters. The highest BCUT2D eigenvalue weighted by Gasteiger charge is 2.19. The predicted molar refractivity (Wildman–Crippen MR) is 143 cm³/mol. The van der Waals surface area contributed by atoms with Crippen molar-refractivity contribution in [2.45, 2.75) is 38.8 Å². The van der Waals surface area contributed by atoms with Crippen LogP contribution in [0.5, 0.6) is 5.75 Å². The van der Waals surface area contributed by atoms with Gasteiger partial charge in [-0.05, 0) is 93.8 Å². The number of benzene rings is 2. The Bertz CT molecular complexity index is 1130. The van der Waals surface area contributed by atoms with E-state index in [4.69, 9.17) is 11.6 Å². The number of aromatic hydroxyl groups is 1. The number of aromatic nitrogens is 2. The first kappa shape index (κ1) is 23.8. The summed E-state index contributed by atoms with van der Waals surface area (Å²) in [5, 5.41) is 15.2. The monoisotopic (exact) mass is 489 g/mol. The summed E-state index contributed by atoms with van der Waals surface area (Å²) in [6, 6.07) is 13.7. The number of rotatable bonds is 8. The van der Waals surface area contributed by atoms with Gasteiger partial charge in [0.15, 0.2) is 0 Å². The molecule has 7 heteroatoms. The van der Waals surface area contributed by atoms with E-state index >= 15 is 0 Å². The molecule has 2 N–H and O–H groups in total. The van der Waals surface area contributed by atoms with Gasteiger partial charge >= 0.3 is 0 Å². The molecule has 2 aliphatic rings. The fourth-order valence-corrected chi connectivity index (χ4v) is 4.97. The van der Waals surface area contributed by atoms with E-state index in [1.165, 1.54) is 25.7 Å². The molecule has 2 aliphatic heterocycles. The normalized spacial score (nSPS) is 16.9. The van der Waals surface area contributed by atoms with Crippen molar-refractivity contribution < 1.29 is 5.11 Å². The summed E-state index contributed by atoms with van der Waals surface area (Å²) in [6.07, 6.45) is 10.6. The Hall–Kier alpha value is -2.93. The second-order valence-corrected chi connectivity index (χ2v) is 9.86. The zero-order valence-electron chi connectivity index (χ0n) is 20.0. The fraction of sp³-hybridized carbons (Fsp3) is 0.357. The highest BCUT2D eigenvalue weighted by Crippen LogP contribution is 2.32. The van der Waals surface area contributed by atoms with Gasteiger partial charge < -0.3 is 10.4 Å². The third kappa shape index (κ3) is 6.40. The third-order valence-electron chi connectivity index (χ3n) is 6.70. The number of phenols is 1. The summed E-state index contributed by atoms with van der Waals surface area (Å²) < 4.78 is 0. The second-order valence-electron chi connectivity index (χ2n) is 9.42. The van der Waals surface area contributed by atoms with E-state index in [-0.39, 0.29) is 0 Å². The van der Waals surface area contributed by atoms with Crippen LogP contribution in [0.4, 0.5) is 11.6 Å². The van der Waals surface area contributed by atoms with Crippen LogP contribution in [-0.4, -0.2) is 51.1 Å². The van der Waals surface area contributed by atoms with Crippen LogP contribution in [0.25, 0.3) is 12.2 Å². The van der Waals surface area contributed by atoms with Gasteiger partial charge in [-0.2, -0.15) is 0 Å². The minimum atomic E-state index is 0.426. The Morgan fingerprint density at radius 3 is 2.06 bits per heavy atom. The molecule has 2 fully saturated rings. The zero-order chi connectivity index (χ0) is 24.0. The van der Waals surface area contributed by atoms with Gasteiger partial charge in [-0.25, -0.2) is 9.97 Å². The molecule has 0 unspecified atom stereocenters. The van der Waals surface area contributed by atoms with Crippen LogP contribution in [0.15, 0.2) is 48.7 Å². The molecule has 2 saturated heterocycles. The Morgan fingerprint density at radius 1 is 0.857 bits per heavy atom. The first-order chi connectivity index (χ1) is 17.1. The molecule has 0 spiro atoms. The Kier molecular flexibility index (Phi) is 7.62. The van der Waals surface area contributed by atoms with Crippen molar-refractivity contribution in [1.82, 2.24) is 19.8 Å². The lowest BCUT2D eigenvalue weighted by Gasteiger charge is -2.21. The number of likely N-dealkylation sites (tertiary alicyclic amines) is 2. The molecular formula is C28H32ClN5O. The van der Waals surface area contributed by atoms with E-state index in [0.29, 0.717) is 11.7 Å². The molecular weight excluding hydrogens is 458 g/mol. The maximum absolute atomic E-state index is 11.1. The van der Waals surface area contributed by atoms with Crippen molar-refractivity contribution in [1.29, 1.82) is 0 Å². The predicted octanol–water partition coefficient (Wildman–Crippen LogP) is 5.94. The van der Waals surface area contributed by atoms with Crippen LogP contribution in [0.2, 0.25) is 5.02 Å². The first-order valence-electron chi connectivity index (χ1n) is 12.5. The number of nitrogens with zero attached hydrogens (tertiary/aromatic N) is 4.